The number of nitrogens with two attached hydrogens (primary N) is 1. The van der Waals surface area contributed by atoms with Gasteiger partial charge in [-0.2, -0.15) is 0 Å². The van der Waals surface area contributed by atoms with Gasteiger partial charge in [0.1, 0.15) is 11.6 Å². The Balaban J connectivity index is 2.32. The van der Waals surface area contributed by atoms with Crippen LogP contribution in [0.2, 0.25) is 0 Å². The summed E-state index contributed by atoms with van der Waals surface area (Å²) in [6, 6.07) is 0.126. The maximum Gasteiger partial charge on any atom is 0.141 e. The summed E-state index contributed by atoms with van der Waals surface area (Å²) in [7, 11) is 0. The molecule has 2 aromatic heterocycles. The second-order valence-corrected chi connectivity index (χ2v) is 3.42. The van der Waals surface area contributed by atoms with Gasteiger partial charge in [-0.05, 0) is 13.8 Å². The van der Waals surface area contributed by atoms with Gasteiger partial charge in [0.2, 0.25) is 0 Å². The van der Waals surface area contributed by atoms with E-state index in [9.17, 15) is 0 Å². The highest BCUT2D eigenvalue weighted by Crippen LogP contribution is 2.16. The molecule has 0 fully saturated rings. The Morgan fingerprint density at radius 1 is 1.27 bits per heavy atom. The van der Waals surface area contributed by atoms with Crippen LogP contribution in [0.15, 0.2) is 24.8 Å². The maximum atomic E-state index is 5.48. The van der Waals surface area contributed by atoms with Crippen LogP contribution in [0.4, 0.5) is 5.82 Å². The first-order chi connectivity index (χ1) is 7.18. The van der Waals surface area contributed by atoms with Gasteiger partial charge in [0.25, 0.3) is 0 Å². The number of hydrogen-bond donors (Lipinski definition) is 1. The lowest BCUT2D eigenvalue weighted by Crippen LogP contribution is -2.10. The second-order valence-electron chi connectivity index (χ2n) is 3.42. The van der Waals surface area contributed by atoms with Crippen LogP contribution in [0.25, 0.3) is 0 Å². The average Bonchev–Trinajstić information content (AvgIpc) is 2.65. The van der Waals surface area contributed by atoms with Crippen LogP contribution < -0.4 is 5.73 Å². The van der Waals surface area contributed by atoms with E-state index in [0.29, 0.717) is 5.82 Å². The van der Waals surface area contributed by atoms with Crippen molar-refractivity contribution in [3.63, 3.8) is 0 Å². The zero-order chi connectivity index (χ0) is 10.8. The molecule has 0 saturated carbocycles. The first kappa shape index (κ1) is 9.64. The van der Waals surface area contributed by atoms with Crippen molar-refractivity contribution in [1.82, 2.24) is 19.5 Å². The lowest BCUT2D eigenvalue weighted by Gasteiger charge is -2.13. The van der Waals surface area contributed by atoms with Crippen molar-refractivity contribution >= 4 is 5.82 Å². The Kier molecular flexibility index (Phi) is 2.37. The van der Waals surface area contributed by atoms with Gasteiger partial charge in [-0.15, -0.1) is 0 Å². The lowest BCUT2D eigenvalue weighted by atomic mass is 10.2. The highest BCUT2D eigenvalue weighted by atomic mass is 15.1. The molecule has 0 radical (unpaired) electrons. The molecule has 0 aliphatic carbocycles. The van der Waals surface area contributed by atoms with E-state index in [1.807, 2.05) is 17.7 Å². The number of rotatable bonds is 2. The molecule has 0 aliphatic rings. The summed E-state index contributed by atoms with van der Waals surface area (Å²) < 4.78 is 2.04. The molecule has 0 saturated heterocycles. The molecule has 5 nitrogen and oxygen atoms in total. The van der Waals surface area contributed by atoms with E-state index in [4.69, 9.17) is 5.73 Å². The van der Waals surface area contributed by atoms with Gasteiger partial charge in [-0.1, -0.05) is 0 Å². The molecule has 5 heteroatoms. The van der Waals surface area contributed by atoms with Crippen LogP contribution in [0.5, 0.6) is 0 Å². The zero-order valence-corrected chi connectivity index (χ0v) is 8.75. The molecule has 0 spiro atoms. The van der Waals surface area contributed by atoms with E-state index in [1.54, 1.807) is 18.6 Å². The number of aromatic nitrogens is 4. The second kappa shape index (κ2) is 3.68. The van der Waals surface area contributed by atoms with Crippen LogP contribution >= 0.6 is 0 Å². The van der Waals surface area contributed by atoms with E-state index >= 15 is 0 Å². The topological polar surface area (TPSA) is 69.6 Å². The van der Waals surface area contributed by atoms with Gasteiger partial charge in [0.15, 0.2) is 0 Å². The van der Waals surface area contributed by atoms with Gasteiger partial charge < -0.3 is 10.3 Å². The van der Waals surface area contributed by atoms with Crippen molar-refractivity contribution in [2.45, 2.75) is 19.9 Å². The Labute approximate surface area is 88.0 Å². The van der Waals surface area contributed by atoms with Crippen LogP contribution in [-0.2, 0) is 0 Å². The predicted molar refractivity (Wildman–Crippen MR) is 57.2 cm³/mol. The summed E-state index contributed by atoms with van der Waals surface area (Å²) in [5.41, 5.74) is 6.36. The van der Waals surface area contributed by atoms with E-state index in [1.165, 1.54) is 0 Å². The van der Waals surface area contributed by atoms with Gasteiger partial charge in [-0.3, -0.25) is 4.98 Å². The summed E-state index contributed by atoms with van der Waals surface area (Å²) in [6.07, 6.45) is 6.96. The predicted octanol–water partition coefficient (Wildman–Crippen LogP) is 1.17. The first-order valence-electron chi connectivity index (χ1n) is 4.75. The summed E-state index contributed by atoms with van der Waals surface area (Å²) in [5.74, 6) is 1.40. The summed E-state index contributed by atoms with van der Waals surface area (Å²) >= 11 is 0. The van der Waals surface area contributed by atoms with E-state index in [2.05, 4.69) is 21.9 Å². The van der Waals surface area contributed by atoms with Crippen molar-refractivity contribution < 1.29 is 0 Å². The zero-order valence-electron chi connectivity index (χ0n) is 8.75. The molecule has 2 N–H and O–H groups in total. The molecule has 1 atom stereocenters. The molecule has 0 amide bonds. The minimum atomic E-state index is 0.126. The van der Waals surface area contributed by atoms with E-state index in [0.717, 1.165) is 11.5 Å². The molecule has 2 rings (SSSR count). The van der Waals surface area contributed by atoms with Gasteiger partial charge in [-0.25, -0.2) is 9.97 Å². The molecule has 1 unspecified atom stereocenters. The summed E-state index contributed by atoms with van der Waals surface area (Å²) in [5, 5.41) is 0. The fraction of sp³-hybridized carbons (Fsp3) is 0.300. The molecule has 0 aromatic carbocycles. The van der Waals surface area contributed by atoms with Crippen LogP contribution in [0.1, 0.15) is 24.5 Å². The first-order valence-corrected chi connectivity index (χ1v) is 4.75. The molecule has 78 valence electrons. The minimum absolute atomic E-state index is 0.126. The third kappa shape index (κ3) is 1.81. The molecule has 2 heterocycles. The van der Waals surface area contributed by atoms with Crippen LogP contribution in [0.3, 0.4) is 0 Å². The van der Waals surface area contributed by atoms with Gasteiger partial charge in [0, 0.05) is 12.4 Å². The van der Waals surface area contributed by atoms with Crippen molar-refractivity contribution in [3.8, 4) is 0 Å². The monoisotopic (exact) mass is 203 g/mol. The number of nitrogen functional groups attached to an aromatic ring is 1. The summed E-state index contributed by atoms with van der Waals surface area (Å²) in [4.78, 5) is 12.4. The van der Waals surface area contributed by atoms with Gasteiger partial charge in [0.05, 0.1) is 24.1 Å². The number of aryl methyl sites for hydroxylation is 1. The highest BCUT2D eigenvalue weighted by Gasteiger charge is 2.10. The van der Waals surface area contributed by atoms with Crippen molar-refractivity contribution in [3.05, 3.63) is 36.3 Å². The molecular weight excluding hydrogens is 190 g/mol. The normalized spacial score (nSPS) is 12.7. The third-order valence-electron chi connectivity index (χ3n) is 2.40. The smallest absolute Gasteiger partial charge is 0.141 e. The lowest BCUT2D eigenvalue weighted by molar-refractivity contribution is 0.600. The molecule has 2 aromatic rings. The summed E-state index contributed by atoms with van der Waals surface area (Å²) in [6.45, 7) is 4.01. The Morgan fingerprint density at radius 3 is 2.60 bits per heavy atom. The highest BCUT2D eigenvalue weighted by molar-refractivity contribution is 5.23. The fourth-order valence-corrected chi connectivity index (χ4v) is 1.50. The number of imidazole rings is 1. The quantitative estimate of drug-likeness (QED) is 0.795. The van der Waals surface area contributed by atoms with Crippen LogP contribution in [-0.4, -0.2) is 19.5 Å². The Bertz CT molecular complexity index is 445. The van der Waals surface area contributed by atoms with E-state index in [-0.39, 0.29) is 6.04 Å². The largest absolute Gasteiger partial charge is 0.382 e. The molecule has 0 aliphatic heterocycles. The van der Waals surface area contributed by atoms with Crippen molar-refractivity contribution in [2.24, 2.45) is 0 Å². The minimum Gasteiger partial charge on any atom is -0.382 e. The van der Waals surface area contributed by atoms with Crippen LogP contribution in [0, 0.1) is 6.92 Å². The number of nitrogens with zero attached hydrogens (tertiary/aromatic N) is 4. The molecular formula is C10H13N5. The van der Waals surface area contributed by atoms with Gasteiger partial charge >= 0.3 is 0 Å². The number of hydrogen-bond acceptors (Lipinski definition) is 4. The molecule has 15 heavy (non-hydrogen) atoms. The Morgan fingerprint density at radius 2 is 2.07 bits per heavy atom. The standard InChI is InChI=1S/C10H13N5/c1-7(15-4-3-12-8(15)2)9-5-14-10(11)6-13-9/h3-7H,1-2H3,(H2,11,14). The Hall–Kier alpha value is -1.91. The average molecular weight is 203 g/mol. The SMILES string of the molecule is Cc1nccn1C(C)c1cnc(N)cn1. The maximum absolute atomic E-state index is 5.48. The third-order valence-corrected chi connectivity index (χ3v) is 2.40. The molecule has 0 bridgehead atoms. The van der Waals surface area contributed by atoms with Crippen molar-refractivity contribution in [2.75, 3.05) is 5.73 Å². The number of anilines is 1. The van der Waals surface area contributed by atoms with Crippen molar-refractivity contribution in [1.29, 1.82) is 0 Å². The van der Waals surface area contributed by atoms with E-state index < -0.39 is 0 Å². The fourth-order valence-electron chi connectivity index (χ4n) is 1.50.